The molecule has 0 aliphatic rings. The van der Waals surface area contributed by atoms with Crippen molar-refractivity contribution in [1.82, 2.24) is 0 Å². The normalized spacial score (nSPS) is 9.50. The zero-order chi connectivity index (χ0) is 9.14. The minimum Gasteiger partial charge on any atom is -0.508 e. The quantitative estimate of drug-likeness (QED) is 0.542. The first-order valence-electron chi connectivity index (χ1n) is 3.65. The minimum absolute atomic E-state index is 0.322. The molecule has 1 aromatic rings. The van der Waals surface area contributed by atoms with Crippen molar-refractivity contribution in [2.75, 3.05) is 5.32 Å². The van der Waals surface area contributed by atoms with Gasteiger partial charge in [0.25, 0.3) is 0 Å². The third-order valence-corrected chi connectivity index (χ3v) is 1.88. The average Bonchev–Trinajstić information content (AvgIpc) is 2.01. The van der Waals surface area contributed by atoms with Crippen LogP contribution in [0.25, 0.3) is 0 Å². The van der Waals surface area contributed by atoms with Crippen LogP contribution in [0.5, 0.6) is 5.75 Å². The van der Waals surface area contributed by atoms with Gasteiger partial charge in [-0.25, -0.2) is 0 Å². The summed E-state index contributed by atoms with van der Waals surface area (Å²) in [5.41, 5.74) is 4.23. The van der Waals surface area contributed by atoms with Gasteiger partial charge in [0.1, 0.15) is 5.75 Å². The molecule has 0 saturated heterocycles. The van der Waals surface area contributed by atoms with E-state index in [-0.39, 0.29) is 0 Å². The number of hydrogen-bond acceptors (Lipinski definition) is 2. The summed E-state index contributed by atoms with van der Waals surface area (Å²) in [6, 6.07) is 3.59. The predicted octanol–water partition coefficient (Wildman–Crippen LogP) is 2.38. The fraction of sp³-hybridized carbons (Fsp3) is 0.222. The Bertz CT molecular complexity index is 310. The van der Waals surface area contributed by atoms with E-state index in [9.17, 15) is 5.11 Å². The molecule has 0 unspecified atom stereocenters. The summed E-state index contributed by atoms with van der Waals surface area (Å²) in [5.74, 6) is 0.322. The fourth-order valence-corrected chi connectivity index (χ4v) is 1.15. The molecule has 0 heterocycles. The zero-order valence-electron chi connectivity index (χ0n) is 7.09. The standard InChI is InChI=1S/C9H11NOS/c1-6-4-9(11)7(2)3-8(6)10-5-12/h3-5,11H,1-2H3,(H,10,12). The zero-order valence-corrected chi connectivity index (χ0v) is 7.90. The van der Waals surface area contributed by atoms with Crippen LogP contribution in [0.1, 0.15) is 11.1 Å². The van der Waals surface area contributed by atoms with E-state index in [0.29, 0.717) is 5.75 Å². The van der Waals surface area contributed by atoms with E-state index in [1.54, 1.807) is 6.07 Å². The van der Waals surface area contributed by atoms with E-state index in [0.717, 1.165) is 16.8 Å². The number of nitrogens with one attached hydrogen (secondary N) is 1. The van der Waals surface area contributed by atoms with Crippen LogP contribution in [0.4, 0.5) is 5.69 Å². The Morgan fingerprint density at radius 2 is 2.00 bits per heavy atom. The molecule has 0 aliphatic carbocycles. The smallest absolute Gasteiger partial charge is 0.118 e. The highest BCUT2D eigenvalue weighted by Gasteiger charge is 2.00. The Hall–Kier alpha value is -1.09. The highest BCUT2D eigenvalue weighted by molar-refractivity contribution is 7.79. The van der Waals surface area contributed by atoms with Crippen molar-refractivity contribution in [3.05, 3.63) is 23.3 Å². The van der Waals surface area contributed by atoms with E-state index in [2.05, 4.69) is 17.5 Å². The van der Waals surface area contributed by atoms with E-state index in [1.807, 2.05) is 19.9 Å². The molecule has 2 nitrogen and oxygen atoms in total. The lowest BCUT2D eigenvalue weighted by Crippen LogP contribution is -1.95. The summed E-state index contributed by atoms with van der Waals surface area (Å²) in [7, 11) is 0. The Balaban J connectivity index is 3.13. The maximum atomic E-state index is 9.33. The van der Waals surface area contributed by atoms with Crippen molar-refractivity contribution in [3.8, 4) is 5.75 Å². The molecule has 0 saturated carbocycles. The van der Waals surface area contributed by atoms with Crippen LogP contribution in [-0.4, -0.2) is 10.6 Å². The van der Waals surface area contributed by atoms with Crippen LogP contribution in [0, 0.1) is 13.8 Å². The lowest BCUT2D eigenvalue weighted by molar-refractivity contribution is 0.471. The summed E-state index contributed by atoms with van der Waals surface area (Å²) in [6.45, 7) is 3.77. The second-order valence-corrected chi connectivity index (χ2v) is 2.95. The Kier molecular flexibility index (Phi) is 2.65. The van der Waals surface area contributed by atoms with Crippen molar-refractivity contribution < 1.29 is 5.11 Å². The van der Waals surface area contributed by atoms with Gasteiger partial charge < -0.3 is 10.4 Å². The molecule has 64 valence electrons. The number of phenolic OH excluding ortho intramolecular Hbond substituents is 1. The fourth-order valence-electron chi connectivity index (χ4n) is 1.02. The highest BCUT2D eigenvalue weighted by Crippen LogP contribution is 2.24. The number of thiocarbonyl (C=S) groups is 1. The van der Waals surface area contributed by atoms with E-state index in [4.69, 9.17) is 0 Å². The summed E-state index contributed by atoms with van der Waals surface area (Å²) >= 11 is 4.67. The molecule has 0 bridgehead atoms. The summed E-state index contributed by atoms with van der Waals surface area (Å²) in [4.78, 5) is 0. The second kappa shape index (κ2) is 3.54. The first-order valence-corrected chi connectivity index (χ1v) is 4.12. The molecule has 0 amide bonds. The first-order chi connectivity index (χ1) is 5.65. The van der Waals surface area contributed by atoms with E-state index in [1.165, 1.54) is 5.49 Å². The summed E-state index contributed by atoms with van der Waals surface area (Å²) in [5, 5.41) is 12.3. The molecule has 0 spiro atoms. The lowest BCUT2D eigenvalue weighted by Gasteiger charge is -2.07. The molecule has 0 aliphatic heterocycles. The van der Waals surface area contributed by atoms with E-state index >= 15 is 0 Å². The largest absolute Gasteiger partial charge is 0.508 e. The minimum atomic E-state index is 0.322. The topological polar surface area (TPSA) is 32.3 Å². The Morgan fingerprint density at radius 1 is 1.33 bits per heavy atom. The number of benzene rings is 1. The average molecular weight is 181 g/mol. The van der Waals surface area contributed by atoms with Crippen LogP contribution in [0.15, 0.2) is 12.1 Å². The molecule has 12 heavy (non-hydrogen) atoms. The number of anilines is 1. The van der Waals surface area contributed by atoms with E-state index < -0.39 is 0 Å². The maximum Gasteiger partial charge on any atom is 0.118 e. The van der Waals surface area contributed by atoms with Gasteiger partial charge in [-0.3, -0.25) is 0 Å². The highest BCUT2D eigenvalue weighted by atomic mass is 32.1. The van der Waals surface area contributed by atoms with Gasteiger partial charge in [-0.05, 0) is 37.1 Å². The number of hydrogen-bond donors (Lipinski definition) is 2. The Labute approximate surface area is 77.2 Å². The van der Waals surface area contributed by atoms with Crippen LogP contribution >= 0.6 is 12.2 Å². The van der Waals surface area contributed by atoms with Gasteiger partial charge in [0, 0.05) is 5.69 Å². The van der Waals surface area contributed by atoms with Gasteiger partial charge in [-0.1, -0.05) is 12.2 Å². The summed E-state index contributed by atoms with van der Waals surface area (Å²) < 4.78 is 0. The summed E-state index contributed by atoms with van der Waals surface area (Å²) in [6.07, 6.45) is 0. The SMILES string of the molecule is Cc1cc(NC=S)c(C)cc1O. The number of aromatic hydroxyl groups is 1. The van der Waals surface area contributed by atoms with Crippen LogP contribution < -0.4 is 5.32 Å². The van der Waals surface area contributed by atoms with Gasteiger partial charge in [-0.2, -0.15) is 0 Å². The van der Waals surface area contributed by atoms with Crippen molar-refractivity contribution >= 4 is 23.4 Å². The molecule has 2 N–H and O–H groups in total. The van der Waals surface area contributed by atoms with Gasteiger partial charge in [0.15, 0.2) is 0 Å². The monoisotopic (exact) mass is 181 g/mol. The second-order valence-electron chi connectivity index (χ2n) is 2.72. The van der Waals surface area contributed by atoms with Gasteiger partial charge in [0.05, 0.1) is 5.49 Å². The third kappa shape index (κ3) is 1.74. The van der Waals surface area contributed by atoms with Crippen molar-refractivity contribution in [2.24, 2.45) is 0 Å². The number of phenols is 1. The molecule has 0 fully saturated rings. The lowest BCUT2D eigenvalue weighted by atomic mass is 10.1. The molecule has 0 radical (unpaired) electrons. The third-order valence-electron chi connectivity index (χ3n) is 1.76. The number of aryl methyl sites for hydroxylation is 2. The molecule has 1 aromatic carbocycles. The van der Waals surface area contributed by atoms with Gasteiger partial charge in [-0.15, -0.1) is 0 Å². The van der Waals surface area contributed by atoms with Crippen molar-refractivity contribution in [1.29, 1.82) is 0 Å². The van der Waals surface area contributed by atoms with Crippen LogP contribution in [0.3, 0.4) is 0 Å². The van der Waals surface area contributed by atoms with Crippen molar-refractivity contribution in [2.45, 2.75) is 13.8 Å². The van der Waals surface area contributed by atoms with Gasteiger partial charge >= 0.3 is 0 Å². The predicted molar refractivity (Wildman–Crippen MR) is 54.9 cm³/mol. The molecule has 1 rings (SSSR count). The number of rotatable bonds is 2. The van der Waals surface area contributed by atoms with Crippen LogP contribution in [0.2, 0.25) is 0 Å². The maximum absolute atomic E-state index is 9.33. The molecule has 3 heteroatoms. The molecular weight excluding hydrogens is 170 g/mol. The first kappa shape index (κ1) is 9.00. The molecule has 0 aromatic heterocycles. The Morgan fingerprint density at radius 3 is 2.58 bits per heavy atom. The molecule has 0 atom stereocenters. The molecular formula is C9H11NOS. The van der Waals surface area contributed by atoms with Gasteiger partial charge in [0.2, 0.25) is 0 Å². The van der Waals surface area contributed by atoms with Crippen molar-refractivity contribution in [3.63, 3.8) is 0 Å². The van der Waals surface area contributed by atoms with Crippen LogP contribution in [-0.2, 0) is 0 Å².